The van der Waals surface area contributed by atoms with E-state index in [1.54, 1.807) is 30.3 Å². The molecule has 4 heteroatoms. The van der Waals surface area contributed by atoms with E-state index in [1.807, 2.05) is 12.1 Å². The lowest BCUT2D eigenvalue weighted by molar-refractivity contribution is -0.165. The number of carbonyl (C=O) groups excluding carboxylic acids is 2. The van der Waals surface area contributed by atoms with Crippen LogP contribution in [0, 0.1) is 5.92 Å². The van der Waals surface area contributed by atoms with Crippen molar-refractivity contribution in [3.63, 3.8) is 0 Å². The summed E-state index contributed by atoms with van der Waals surface area (Å²) in [5.74, 6) is -1.16. The van der Waals surface area contributed by atoms with Crippen LogP contribution in [0.25, 0.3) is 0 Å². The number of hydrogen-bond acceptors (Lipinski definition) is 4. The zero-order valence-electron chi connectivity index (χ0n) is 9.61. The highest BCUT2D eigenvalue weighted by Crippen LogP contribution is 2.31. The van der Waals surface area contributed by atoms with Gasteiger partial charge in [0.2, 0.25) is 0 Å². The van der Waals surface area contributed by atoms with E-state index in [0.29, 0.717) is 12.0 Å². The Bertz CT molecular complexity index is 506. The first-order chi connectivity index (χ1) is 8.74. The van der Waals surface area contributed by atoms with Crippen LogP contribution in [-0.2, 0) is 14.3 Å². The molecule has 3 atom stereocenters. The second-order valence-electron chi connectivity index (χ2n) is 4.43. The Labute approximate surface area is 104 Å². The Balaban J connectivity index is 1.73. The number of benzene rings is 1. The van der Waals surface area contributed by atoms with Gasteiger partial charge in [-0.05, 0) is 18.2 Å². The summed E-state index contributed by atoms with van der Waals surface area (Å²) in [6, 6.07) is 8.77. The van der Waals surface area contributed by atoms with Crippen molar-refractivity contribution in [1.29, 1.82) is 0 Å². The molecule has 1 aromatic rings. The van der Waals surface area contributed by atoms with E-state index in [9.17, 15) is 9.59 Å². The third-order valence-corrected chi connectivity index (χ3v) is 3.21. The van der Waals surface area contributed by atoms with Crippen molar-refractivity contribution < 1.29 is 19.1 Å². The average molecular weight is 244 g/mol. The van der Waals surface area contributed by atoms with E-state index in [4.69, 9.17) is 9.47 Å². The molecule has 1 aliphatic carbocycles. The Hall–Kier alpha value is -2.10. The maximum atomic E-state index is 11.9. The molecule has 2 heterocycles. The normalized spacial score (nSPS) is 28.9. The molecule has 4 rings (SSSR count). The number of fused-ring (bicyclic) bond motifs is 2. The van der Waals surface area contributed by atoms with Crippen molar-refractivity contribution in [2.75, 3.05) is 0 Å². The van der Waals surface area contributed by atoms with Crippen LogP contribution in [0.3, 0.4) is 0 Å². The quantitative estimate of drug-likeness (QED) is 0.587. The molecule has 0 amide bonds. The molecule has 92 valence electrons. The largest absolute Gasteiger partial charge is 0.457 e. The number of carbonyl (C=O) groups is 2. The van der Waals surface area contributed by atoms with Gasteiger partial charge in [-0.25, -0.2) is 4.79 Å². The summed E-state index contributed by atoms with van der Waals surface area (Å²) in [5.41, 5.74) is 0.497. The highest BCUT2D eigenvalue weighted by atomic mass is 16.6. The third kappa shape index (κ3) is 1.90. The summed E-state index contributed by atoms with van der Waals surface area (Å²) < 4.78 is 10.5. The lowest BCUT2D eigenvalue weighted by Gasteiger charge is -2.35. The molecule has 2 aliphatic heterocycles. The van der Waals surface area contributed by atoms with Gasteiger partial charge in [0, 0.05) is 6.42 Å². The Morgan fingerprint density at radius 3 is 2.67 bits per heavy atom. The predicted octanol–water partition coefficient (Wildman–Crippen LogP) is 1.71. The molecule has 1 saturated heterocycles. The van der Waals surface area contributed by atoms with Gasteiger partial charge < -0.3 is 9.47 Å². The van der Waals surface area contributed by atoms with Gasteiger partial charge in [-0.1, -0.05) is 24.3 Å². The SMILES string of the molecule is O=C(O[C@@H]1C[C@@H]2C=C[C@H]1C(=O)O2)c1ccccc1. The predicted molar refractivity (Wildman–Crippen MR) is 62.8 cm³/mol. The Morgan fingerprint density at radius 2 is 2.00 bits per heavy atom. The van der Waals surface area contributed by atoms with Crippen LogP contribution in [0.5, 0.6) is 0 Å². The van der Waals surface area contributed by atoms with Gasteiger partial charge in [-0.3, -0.25) is 4.79 Å². The van der Waals surface area contributed by atoms with Gasteiger partial charge in [0.15, 0.2) is 0 Å². The Kier molecular flexibility index (Phi) is 2.63. The smallest absolute Gasteiger partial charge is 0.338 e. The lowest BCUT2D eigenvalue weighted by Crippen LogP contribution is -2.45. The standard InChI is InChI=1S/C14H12O4/c15-13(9-4-2-1-3-5-9)18-12-8-10-6-7-11(12)14(16)17-10/h1-7,10-12H,8H2/t10-,11+,12+/m0/s1. The molecule has 0 saturated carbocycles. The molecule has 0 radical (unpaired) electrons. The van der Waals surface area contributed by atoms with Crippen molar-refractivity contribution in [3.8, 4) is 0 Å². The summed E-state index contributed by atoms with van der Waals surface area (Å²) in [7, 11) is 0. The molecular formula is C14H12O4. The molecule has 0 aromatic heterocycles. The van der Waals surface area contributed by atoms with Crippen molar-refractivity contribution in [2.24, 2.45) is 5.92 Å². The number of hydrogen-bond donors (Lipinski definition) is 0. The summed E-state index contributed by atoms with van der Waals surface area (Å²) in [5, 5.41) is 0. The topological polar surface area (TPSA) is 52.6 Å². The summed E-state index contributed by atoms with van der Waals surface area (Å²) in [6.45, 7) is 0. The summed E-state index contributed by atoms with van der Waals surface area (Å²) >= 11 is 0. The van der Waals surface area contributed by atoms with Crippen LogP contribution in [0.2, 0.25) is 0 Å². The zero-order valence-corrected chi connectivity index (χ0v) is 9.61. The van der Waals surface area contributed by atoms with E-state index < -0.39 is 18.0 Å². The molecular weight excluding hydrogens is 232 g/mol. The molecule has 0 N–H and O–H groups in total. The van der Waals surface area contributed by atoms with Crippen LogP contribution in [-0.4, -0.2) is 24.1 Å². The van der Waals surface area contributed by atoms with E-state index in [2.05, 4.69) is 0 Å². The van der Waals surface area contributed by atoms with Crippen LogP contribution in [0.1, 0.15) is 16.8 Å². The minimum atomic E-state index is -0.456. The van der Waals surface area contributed by atoms with Crippen LogP contribution in [0.15, 0.2) is 42.5 Å². The highest BCUT2D eigenvalue weighted by Gasteiger charge is 2.42. The van der Waals surface area contributed by atoms with Gasteiger partial charge in [-0.15, -0.1) is 0 Å². The van der Waals surface area contributed by atoms with E-state index in [0.717, 1.165) is 0 Å². The van der Waals surface area contributed by atoms with Gasteiger partial charge in [0.05, 0.1) is 5.56 Å². The zero-order chi connectivity index (χ0) is 12.5. The third-order valence-electron chi connectivity index (χ3n) is 3.21. The fourth-order valence-corrected chi connectivity index (χ4v) is 2.27. The molecule has 0 spiro atoms. The first-order valence-corrected chi connectivity index (χ1v) is 5.89. The second-order valence-corrected chi connectivity index (χ2v) is 4.43. The van der Waals surface area contributed by atoms with E-state index in [-0.39, 0.29) is 12.1 Å². The van der Waals surface area contributed by atoms with E-state index >= 15 is 0 Å². The lowest BCUT2D eigenvalue weighted by atomic mass is 9.88. The average Bonchev–Trinajstić information content (AvgIpc) is 2.40. The maximum Gasteiger partial charge on any atom is 0.338 e. The molecule has 4 nitrogen and oxygen atoms in total. The first-order valence-electron chi connectivity index (χ1n) is 5.89. The monoisotopic (exact) mass is 244 g/mol. The van der Waals surface area contributed by atoms with Crippen LogP contribution >= 0.6 is 0 Å². The van der Waals surface area contributed by atoms with Crippen LogP contribution < -0.4 is 0 Å². The van der Waals surface area contributed by atoms with Crippen molar-refractivity contribution in [1.82, 2.24) is 0 Å². The molecule has 1 fully saturated rings. The molecule has 1 aromatic carbocycles. The van der Waals surface area contributed by atoms with Gasteiger partial charge >= 0.3 is 11.9 Å². The summed E-state index contributed by atoms with van der Waals surface area (Å²) in [4.78, 5) is 23.4. The van der Waals surface area contributed by atoms with Crippen molar-refractivity contribution in [3.05, 3.63) is 48.0 Å². The van der Waals surface area contributed by atoms with Crippen LogP contribution in [0.4, 0.5) is 0 Å². The second kappa shape index (κ2) is 4.29. The fraction of sp³-hybridized carbons (Fsp3) is 0.286. The van der Waals surface area contributed by atoms with Gasteiger partial charge in [-0.2, -0.15) is 0 Å². The Morgan fingerprint density at radius 1 is 1.22 bits per heavy atom. The minimum Gasteiger partial charge on any atom is -0.457 e. The van der Waals surface area contributed by atoms with Crippen molar-refractivity contribution in [2.45, 2.75) is 18.6 Å². The minimum absolute atomic E-state index is 0.254. The van der Waals surface area contributed by atoms with Gasteiger partial charge in [0.1, 0.15) is 18.1 Å². The molecule has 3 aliphatic rings. The molecule has 2 bridgehead atoms. The fourth-order valence-electron chi connectivity index (χ4n) is 2.27. The van der Waals surface area contributed by atoms with Crippen molar-refractivity contribution >= 4 is 11.9 Å². The molecule has 0 unspecified atom stereocenters. The highest BCUT2D eigenvalue weighted by molar-refractivity contribution is 5.90. The summed E-state index contributed by atoms with van der Waals surface area (Å²) in [6.07, 6.45) is 3.50. The maximum absolute atomic E-state index is 11.9. The number of ether oxygens (including phenoxy) is 2. The van der Waals surface area contributed by atoms with Gasteiger partial charge in [0.25, 0.3) is 0 Å². The molecule has 18 heavy (non-hydrogen) atoms. The first kappa shape index (κ1) is 11.0. The number of esters is 2. The number of rotatable bonds is 2. The van der Waals surface area contributed by atoms with E-state index in [1.165, 1.54) is 0 Å².